The third-order valence-electron chi connectivity index (χ3n) is 3.61. The van der Waals surface area contributed by atoms with Crippen LogP contribution in [0.2, 0.25) is 0 Å². The molecule has 1 atom stereocenters. The summed E-state index contributed by atoms with van der Waals surface area (Å²) in [7, 11) is 0. The maximum Gasteiger partial charge on any atom is 0.421 e. The van der Waals surface area contributed by atoms with Crippen LogP contribution in [0.4, 0.5) is 10.5 Å². The largest absolute Gasteiger partial charge is 0.443 e. The van der Waals surface area contributed by atoms with Gasteiger partial charge in [0.15, 0.2) is 0 Å². The fourth-order valence-corrected chi connectivity index (χ4v) is 2.66. The number of aliphatic hydroxyl groups excluding tert-OH is 1. The van der Waals surface area contributed by atoms with Crippen molar-refractivity contribution in [2.75, 3.05) is 11.5 Å². The average molecular weight is 303 g/mol. The smallest absolute Gasteiger partial charge is 0.421 e. The lowest BCUT2D eigenvalue weighted by Gasteiger charge is -2.26. The quantitative estimate of drug-likeness (QED) is 0.872. The molecule has 0 aliphatic carbocycles. The molecule has 0 radical (unpaired) electrons. The van der Waals surface area contributed by atoms with Crippen molar-refractivity contribution in [1.82, 2.24) is 0 Å². The molecule has 2 amide bonds. The molecule has 5 nitrogen and oxygen atoms in total. The lowest BCUT2D eigenvalue weighted by atomic mass is 9.79. The Hall–Kier alpha value is -2.14. The van der Waals surface area contributed by atoms with Gasteiger partial charge in [-0.05, 0) is 38.8 Å². The van der Waals surface area contributed by atoms with Gasteiger partial charge >= 0.3 is 6.09 Å². The van der Waals surface area contributed by atoms with E-state index in [1.54, 1.807) is 51.1 Å². The molecular formula is C17H21NO4. The van der Waals surface area contributed by atoms with Crippen molar-refractivity contribution < 1.29 is 19.4 Å². The van der Waals surface area contributed by atoms with Crippen LogP contribution in [-0.4, -0.2) is 29.3 Å². The van der Waals surface area contributed by atoms with Gasteiger partial charge in [-0.3, -0.25) is 4.79 Å². The molecule has 22 heavy (non-hydrogen) atoms. The summed E-state index contributed by atoms with van der Waals surface area (Å²) in [6, 6.07) is 6.94. The minimum atomic E-state index is -1.17. The summed E-state index contributed by atoms with van der Waals surface area (Å²) in [6.07, 6.45) is 1.09. The van der Waals surface area contributed by atoms with E-state index < -0.39 is 29.6 Å². The maximum atomic E-state index is 12.9. The zero-order valence-corrected chi connectivity index (χ0v) is 13.1. The Labute approximate surface area is 130 Å². The van der Waals surface area contributed by atoms with Gasteiger partial charge in [0.05, 0.1) is 12.3 Å². The average Bonchev–Trinajstić information content (AvgIpc) is 2.67. The lowest BCUT2D eigenvalue weighted by Crippen LogP contribution is -2.46. The van der Waals surface area contributed by atoms with E-state index in [2.05, 4.69) is 6.58 Å². The van der Waals surface area contributed by atoms with Crippen LogP contribution in [-0.2, 0) is 14.9 Å². The summed E-state index contributed by atoms with van der Waals surface area (Å²) in [5, 5.41) is 9.85. The highest BCUT2D eigenvalue weighted by atomic mass is 16.6. The number of allylic oxidation sites excluding steroid dienone is 1. The molecule has 0 saturated carbocycles. The number of hydrogen-bond acceptors (Lipinski definition) is 4. The Balaban J connectivity index is 2.52. The van der Waals surface area contributed by atoms with Gasteiger partial charge in [0.1, 0.15) is 11.0 Å². The van der Waals surface area contributed by atoms with Gasteiger partial charge in [0.2, 0.25) is 5.91 Å². The van der Waals surface area contributed by atoms with Crippen LogP contribution in [0.5, 0.6) is 0 Å². The van der Waals surface area contributed by atoms with Crippen molar-refractivity contribution in [3.05, 3.63) is 42.5 Å². The van der Waals surface area contributed by atoms with Crippen LogP contribution < -0.4 is 4.90 Å². The molecule has 2 rings (SSSR count). The summed E-state index contributed by atoms with van der Waals surface area (Å²) in [5.74, 6) is -0.481. The molecule has 1 aromatic rings. The predicted octanol–water partition coefficient (Wildman–Crippen LogP) is 2.77. The van der Waals surface area contributed by atoms with E-state index in [-0.39, 0.29) is 6.42 Å². The predicted molar refractivity (Wildman–Crippen MR) is 83.7 cm³/mol. The highest BCUT2D eigenvalue weighted by Crippen LogP contribution is 2.44. The Morgan fingerprint density at radius 2 is 2.05 bits per heavy atom. The van der Waals surface area contributed by atoms with Crippen LogP contribution in [0.15, 0.2) is 36.9 Å². The Kier molecular flexibility index (Phi) is 4.11. The van der Waals surface area contributed by atoms with Crippen molar-refractivity contribution in [3.8, 4) is 0 Å². The number of fused-ring (bicyclic) bond motifs is 1. The first-order valence-corrected chi connectivity index (χ1v) is 7.15. The summed E-state index contributed by atoms with van der Waals surface area (Å²) < 4.78 is 5.32. The number of anilines is 1. The van der Waals surface area contributed by atoms with E-state index in [4.69, 9.17) is 4.74 Å². The molecule has 1 aliphatic rings. The number of hydrogen-bond donors (Lipinski definition) is 1. The number of para-hydroxylation sites is 1. The van der Waals surface area contributed by atoms with Gasteiger partial charge in [-0.2, -0.15) is 0 Å². The molecule has 1 heterocycles. The second kappa shape index (κ2) is 5.57. The third kappa shape index (κ3) is 2.52. The van der Waals surface area contributed by atoms with Gasteiger partial charge in [0, 0.05) is 0 Å². The van der Waals surface area contributed by atoms with Crippen LogP contribution in [0.1, 0.15) is 32.8 Å². The second-order valence-corrected chi connectivity index (χ2v) is 6.37. The van der Waals surface area contributed by atoms with Crippen LogP contribution in [0.3, 0.4) is 0 Å². The lowest BCUT2D eigenvalue weighted by molar-refractivity contribution is -0.124. The number of imide groups is 1. The number of amides is 2. The van der Waals surface area contributed by atoms with Crippen molar-refractivity contribution in [1.29, 1.82) is 0 Å². The number of carbonyl (C=O) groups excluding carboxylic acids is 2. The topological polar surface area (TPSA) is 66.8 Å². The first kappa shape index (κ1) is 16.2. The van der Waals surface area contributed by atoms with Crippen molar-refractivity contribution >= 4 is 17.7 Å². The summed E-state index contributed by atoms with van der Waals surface area (Å²) in [4.78, 5) is 26.3. The standard InChI is InChI=1S/C17H21NO4/c1-5-10-17(11-19)12-8-6-7-9-13(12)18(14(17)20)15(21)22-16(2,3)4/h5-9,19H,1,10-11H2,2-4H3. The minimum absolute atomic E-state index is 0.249. The van der Waals surface area contributed by atoms with Gasteiger partial charge in [-0.1, -0.05) is 24.3 Å². The molecule has 5 heteroatoms. The Bertz CT molecular complexity index is 617. The third-order valence-corrected chi connectivity index (χ3v) is 3.61. The molecule has 0 fully saturated rings. The van der Waals surface area contributed by atoms with Crippen LogP contribution >= 0.6 is 0 Å². The van der Waals surface area contributed by atoms with E-state index >= 15 is 0 Å². The Morgan fingerprint density at radius 1 is 1.41 bits per heavy atom. The second-order valence-electron chi connectivity index (χ2n) is 6.37. The van der Waals surface area contributed by atoms with Gasteiger partial charge in [-0.15, -0.1) is 6.58 Å². The summed E-state index contributed by atoms with van der Waals surface area (Å²) >= 11 is 0. The van der Waals surface area contributed by atoms with Gasteiger partial charge < -0.3 is 9.84 Å². The van der Waals surface area contributed by atoms with E-state index in [9.17, 15) is 14.7 Å². The molecule has 118 valence electrons. The summed E-state index contributed by atoms with van der Waals surface area (Å²) in [6.45, 7) is 8.47. The number of rotatable bonds is 3. The maximum absolute atomic E-state index is 12.9. The van der Waals surface area contributed by atoms with E-state index in [0.717, 1.165) is 4.90 Å². The first-order chi connectivity index (χ1) is 10.3. The Morgan fingerprint density at radius 3 is 2.59 bits per heavy atom. The molecular weight excluding hydrogens is 282 g/mol. The number of ether oxygens (including phenoxy) is 1. The molecule has 1 unspecified atom stereocenters. The fraction of sp³-hybridized carbons (Fsp3) is 0.412. The number of benzene rings is 1. The van der Waals surface area contributed by atoms with Gasteiger partial charge in [-0.25, -0.2) is 9.69 Å². The number of carbonyl (C=O) groups is 2. The molecule has 0 aromatic heterocycles. The van der Waals surface area contributed by atoms with Crippen LogP contribution in [0, 0.1) is 0 Å². The van der Waals surface area contributed by atoms with Crippen molar-refractivity contribution in [2.24, 2.45) is 0 Å². The van der Waals surface area contributed by atoms with E-state index in [1.165, 1.54) is 0 Å². The zero-order chi connectivity index (χ0) is 16.5. The molecule has 1 aromatic carbocycles. The molecule has 0 saturated heterocycles. The first-order valence-electron chi connectivity index (χ1n) is 7.15. The SMILES string of the molecule is C=CCC1(CO)C(=O)N(C(=O)OC(C)(C)C)c2ccccc21. The highest BCUT2D eigenvalue weighted by Gasteiger charge is 2.52. The molecule has 1 aliphatic heterocycles. The normalized spacial score (nSPS) is 20.7. The monoisotopic (exact) mass is 303 g/mol. The fourth-order valence-electron chi connectivity index (χ4n) is 2.66. The van der Waals surface area contributed by atoms with E-state index in [1.807, 2.05) is 0 Å². The minimum Gasteiger partial charge on any atom is -0.443 e. The molecule has 1 N–H and O–H groups in total. The number of aliphatic hydroxyl groups is 1. The highest BCUT2D eigenvalue weighted by molar-refractivity contribution is 6.21. The van der Waals surface area contributed by atoms with Crippen LogP contribution in [0.25, 0.3) is 0 Å². The van der Waals surface area contributed by atoms with E-state index in [0.29, 0.717) is 11.3 Å². The van der Waals surface area contributed by atoms with Crippen molar-refractivity contribution in [2.45, 2.75) is 38.2 Å². The molecule has 0 spiro atoms. The van der Waals surface area contributed by atoms with Crippen molar-refractivity contribution in [3.63, 3.8) is 0 Å². The van der Waals surface area contributed by atoms with Gasteiger partial charge in [0.25, 0.3) is 0 Å². The summed E-state index contributed by atoms with van der Waals surface area (Å²) in [5.41, 5.74) is -0.810. The number of nitrogens with zero attached hydrogens (tertiary/aromatic N) is 1. The zero-order valence-electron chi connectivity index (χ0n) is 13.1. The molecule has 0 bridgehead atoms.